The van der Waals surface area contributed by atoms with E-state index in [2.05, 4.69) is 15.9 Å². The quantitative estimate of drug-likeness (QED) is 0.262. The van der Waals surface area contributed by atoms with Gasteiger partial charge in [0.25, 0.3) is 0 Å². The maximum Gasteiger partial charge on any atom is 0.471 e. The van der Waals surface area contributed by atoms with Crippen LogP contribution in [-0.4, -0.2) is 30.2 Å². The molecule has 2 atom stereocenters. The summed E-state index contributed by atoms with van der Waals surface area (Å²) in [7, 11) is 1.39. The Morgan fingerprint density at radius 3 is 2.15 bits per heavy atom. The summed E-state index contributed by atoms with van der Waals surface area (Å²) in [5, 5.41) is 12.3. The second-order valence-corrected chi connectivity index (χ2v) is 8.23. The first-order valence-electron chi connectivity index (χ1n) is 10.1. The maximum absolute atomic E-state index is 13.8. The predicted octanol–water partition coefficient (Wildman–Crippen LogP) is 5.98. The predicted molar refractivity (Wildman–Crippen MR) is 124 cm³/mol. The Kier molecular flexibility index (Phi) is 7.93. The van der Waals surface area contributed by atoms with Gasteiger partial charge in [-0.05, 0) is 41.5 Å². The van der Waals surface area contributed by atoms with Crippen molar-refractivity contribution in [2.24, 2.45) is 0 Å². The summed E-state index contributed by atoms with van der Waals surface area (Å²) in [6.45, 7) is 0. The van der Waals surface area contributed by atoms with E-state index < -0.39 is 29.1 Å². The molecule has 10 heteroatoms. The summed E-state index contributed by atoms with van der Waals surface area (Å²) < 4.78 is 46.9. The molecule has 3 aromatic carbocycles. The lowest BCUT2D eigenvalue weighted by molar-refractivity contribution is -0.526. The fourth-order valence-corrected chi connectivity index (χ4v) is 4.11. The normalized spacial score (nSPS) is 13.1. The Hall–Kier alpha value is -3.40. The molecule has 1 amide bonds. The van der Waals surface area contributed by atoms with Crippen molar-refractivity contribution in [3.63, 3.8) is 0 Å². The van der Waals surface area contributed by atoms with Gasteiger partial charge in [-0.25, -0.2) is 0 Å². The number of alkyl halides is 3. The average molecular weight is 537 g/mol. The van der Waals surface area contributed by atoms with Gasteiger partial charge in [-0.3, -0.25) is 19.8 Å². The van der Waals surface area contributed by atoms with Crippen molar-refractivity contribution in [3.05, 3.63) is 105 Å². The van der Waals surface area contributed by atoms with Gasteiger partial charge in [0.1, 0.15) is 11.8 Å². The molecule has 34 heavy (non-hydrogen) atoms. The number of ether oxygens (including phenoxy) is 1. The van der Waals surface area contributed by atoms with Crippen LogP contribution in [0.25, 0.3) is 0 Å². The van der Waals surface area contributed by atoms with Gasteiger partial charge in [0.05, 0.1) is 7.11 Å². The molecule has 0 aliphatic heterocycles. The second kappa shape index (κ2) is 10.7. The van der Waals surface area contributed by atoms with Gasteiger partial charge in [0, 0.05) is 21.5 Å². The van der Waals surface area contributed by atoms with Crippen molar-refractivity contribution in [1.82, 2.24) is 0 Å². The van der Waals surface area contributed by atoms with Crippen LogP contribution in [0.2, 0.25) is 0 Å². The number of amides is 1. The number of nitro groups is 1. The number of nitrogens with zero attached hydrogens (tertiary/aromatic N) is 2. The van der Waals surface area contributed by atoms with Crippen molar-refractivity contribution in [1.29, 1.82) is 0 Å². The van der Waals surface area contributed by atoms with E-state index in [1.54, 1.807) is 42.5 Å². The van der Waals surface area contributed by atoms with Gasteiger partial charge < -0.3 is 4.74 Å². The summed E-state index contributed by atoms with van der Waals surface area (Å²) in [6.07, 6.45) is -5.48. The molecule has 3 rings (SSSR count). The topological polar surface area (TPSA) is 72.7 Å². The summed E-state index contributed by atoms with van der Waals surface area (Å²) >= 11 is 3.34. The zero-order chi connectivity index (χ0) is 24.9. The Morgan fingerprint density at radius 2 is 1.62 bits per heavy atom. The lowest BCUT2D eigenvalue weighted by atomic mass is 9.92. The van der Waals surface area contributed by atoms with Crippen molar-refractivity contribution >= 4 is 27.5 Å². The average Bonchev–Trinajstić information content (AvgIpc) is 2.82. The molecule has 0 fully saturated rings. The summed E-state index contributed by atoms with van der Waals surface area (Å²) in [5.74, 6) is -1.84. The molecule has 0 heterocycles. The largest absolute Gasteiger partial charge is 0.497 e. The fourth-order valence-electron chi connectivity index (χ4n) is 3.67. The highest BCUT2D eigenvalue weighted by atomic mass is 79.9. The maximum atomic E-state index is 13.8. The standard InChI is InChI=1S/C24H20BrF3N2O4/c1-34-19-13-11-18(12-14-19)29(23(31)24(26,27)28)22(16-7-3-2-4-8-16)21(30(32)33)15-17-9-5-6-10-20(17)25/h2-14,21-22H,15H2,1H3/t21-,22+/m1/s1. The number of benzene rings is 3. The molecular formula is C24H20BrF3N2O4. The number of hydrogen-bond donors (Lipinski definition) is 0. The number of hydrogen-bond acceptors (Lipinski definition) is 4. The van der Waals surface area contributed by atoms with Gasteiger partial charge in [-0.1, -0.05) is 64.5 Å². The molecule has 0 radical (unpaired) electrons. The lowest BCUT2D eigenvalue weighted by Gasteiger charge is -2.34. The van der Waals surface area contributed by atoms with Crippen molar-refractivity contribution in [2.75, 3.05) is 12.0 Å². The minimum atomic E-state index is -5.26. The summed E-state index contributed by atoms with van der Waals surface area (Å²) in [6, 6.07) is 16.6. The van der Waals surface area contributed by atoms with Crippen LogP contribution in [0.15, 0.2) is 83.3 Å². The highest BCUT2D eigenvalue weighted by Gasteiger charge is 2.50. The van der Waals surface area contributed by atoms with Gasteiger partial charge in [0.2, 0.25) is 6.04 Å². The van der Waals surface area contributed by atoms with E-state index in [4.69, 9.17) is 4.74 Å². The number of carbonyl (C=O) groups excluding carboxylic acids is 1. The number of halogens is 4. The van der Waals surface area contributed by atoms with Crippen LogP contribution in [0.4, 0.5) is 18.9 Å². The molecule has 0 aliphatic rings. The smallest absolute Gasteiger partial charge is 0.471 e. The van der Waals surface area contributed by atoms with Gasteiger partial charge in [-0.15, -0.1) is 0 Å². The molecule has 0 aromatic heterocycles. The molecule has 0 bridgehead atoms. The molecule has 178 valence electrons. The van der Waals surface area contributed by atoms with Crippen molar-refractivity contribution < 1.29 is 27.6 Å². The van der Waals surface area contributed by atoms with Crippen LogP contribution in [0.5, 0.6) is 5.75 Å². The van der Waals surface area contributed by atoms with E-state index in [0.717, 1.165) is 0 Å². The van der Waals surface area contributed by atoms with E-state index in [9.17, 15) is 28.1 Å². The van der Waals surface area contributed by atoms with E-state index in [1.165, 1.54) is 43.5 Å². The third-order valence-corrected chi connectivity index (χ3v) is 6.03. The molecule has 0 aliphatic carbocycles. The lowest BCUT2D eigenvalue weighted by Crippen LogP contribution is -2.49. The Morgan fingerprint density at radius 1 is 1.03 bits per heavy atom. The van der Waals surface area contributed by atoms with E-state index in [1.807, 2.05) is 0 Å². The first-order chi connectivity index (χ1) is 16.1. The van der Waals surface area contributed by atoms with E-state index in [-0.39, 0.29) is 17.7 Å². The zero-order valence-corrected chi connectivity index (χ0v) is 19.5. The van der Waals surface area contributed by atoms with Crippen LogP contribution >= 0.6 is 15.9 Å². The zero-order valence-electron chi connectivity index (χ0n) is 17.9. The molecule has 0 saturated heterocycles. The Bertz CT molecular complexity index is 1140. The van der Waals surface area contributed by atoms with Crippen molar-refractivity contribution in [2.45, 2.75) is 24.7 Å². The molecule has 3 aromatic rings. The highest BCUT2D eigenvalue weighted by Crippen LogP contribution is 2.37. The SMILES string of the molecule is COc1ccc(N(C(=O)C(F)(F)F)[C@@H](c2ccccc2)[C@@H](Cc2ccccc2Br)[N+](=O)[O-])cc1. The van der Waals surface area contributed by atoms with Crippen LogP contribution < -0.4 is 9.64 Å². The number of rotatable bonds is 8. The molecule has 0 unspecified atom stereocenters. The van der Waals surface area contributed by atoms with Crippen LogP contribution in [0, 0.1) is 10.1 Å². The van der Waals surface area contributed by atoms with Crippen LogP contribution in [0.1, 0.15) is 17.2 Å². The first-order valence-corrected chi connectivity index (χ1v) is 10.9. The fraction of sp³-hybridized carbons (Fsp3) is 0.208. The number of carbonyl (C=O) groups is 1. The number of methoxy groups -OCH3 is 1. The first kappa shape index (κ1) is 25.2. The minimum Gasteiger partial charge on any atom is -0.497 e. The van der Waals surface area contributed by atoms with Gasteiger partial charge in [-0.2, -0.15) is 13.2 Å². The van der Waals surface area contributed by atoms with Gasteiger partial charge >= 0.3 is 12.1 Å². The Labute approximate surface area is 202 Å². The van der Waals surface area contributed by atoms with Crippen LogP contribution in [-0.2, 0) is 11.2 Å². The number of anilines is 1. The molecule has 0 saturated carbocycles. The molecular weight excluding hydrogens is 517 g/mol. The highest BCUT2D eigenvalue weighted by molar-refractivity contribution is 9.10. The summed E-state index contributed by atoms with van der Waals surface area (Å²) in [5.41, 5.74) is 0.583. The third kappa shape index (κ3) is 5.74. The van der Waals surface area contributed by atoms with Crippen LogP contribution in [0.3, 0.4) is 0 Å². The van der Waals surface area contributed by atoms with Gasteiger partial charge in [0.15, 0.2) is 0 Å². The van der Waals surface area contributed by atoms with Crippen molar-refractivity contribution in [3.8, 4) is 5.75 Å². The van der Waals surface area contributed by atoms with E-state index in [0.29, 0.717) is 20.7 Å². The third-order valence-electron chi connectivity index (χ3n) is 5.25. The molecule has 6 nitrogen and oxygen atoms in total. The molecule has 0 spiro atoms. The second-order valence-electron chi connectivity index (χ2n) is 7.37. The Balaban J connectivity index is 2.22. The minimum absolute atomic E-state index is 0.143. The van der Waals surface area contributed by atoms with E-state index >= 15 is 0 Å². The summed E-state index contributed by atoms with van der Waals surface area (Å²) in [4.78, 5) is 24.8. The monoisotopic (exact) mass is 536 g/mol. The molecule has 0 N–H and O–H groups in total.